The minimum atomic E-state index is 0.300. The van der Waals surface area contributed by atoms with E-state index in [1.54, 1.807) is 11.3 Å². The standard InChI is InChI=1S/C14H22N4OS/c1-6-7-13-16-12(17-19-13)8-18(5)10(3)14-9(2)15-11(4)20-14/h10H,6-8H2,1-5H3. The van der Waals surface area contributed by atoms with Crippen molar-refractivity contribution in [3.63, 3.8) is 0 Å². The molecule has 2 heterocycles. The van der Waals surface area contributed by atoms with E-state index in [0.717, 1.165) is 35.3 Å². The molecule has 110 valence electrons. The van der Waals surface area contributed by atoms with E-state index in [0.29, 0.717) is 12.6 Å². The zero-order chi connectivity index (χ0) is 14.7. The van der Waals surface area contributed by atoms with Crippen LogP contribution in [0.1, 0.15) is 53.6 Å². The number of rotatable bonds is 6. The normalized spacial score (nSPS) is 13.1. The fourth-order valence-electron chi connectivity index (χ4n) is 2.16. The molecule has 0 amide bonds. The van der Waals surface area contributed by atoms with Gasteiger partial charge < -0.3 is 4.52 Å². The first-order valence-corrected chi connectivity index (χ1v) is 7.78. The quantitative estimate of drug-likeness (QED) is 0.818. The Kier molecular flexibility index (Phi) is 4.88. The lowest BCUT2D eigenvalue weighted by Crippen LogP contribution is -2.22. The van der Waals surface area contributed by atoms with Gasteiger partial charge in [-0.15, -0.1) is 11.3 Å². The summed E-state index contributed by atoms with van der Waals surface area (Å²) in [5.41, 5.74) is 1.12. The summed E-state index contributed by atoms with van der Waals surface area (Å²) in [6.45, 7) is 9.09. The van der Waals surface area contributed by atoms with Crippen LogP contribution in [0.3, 0.4) is 0 Å². The van der Waals surface area contributed by atoms with Crippen molar-refractivity contribution in [2.75, 3.05) is 7.05 Å². The van der Waals surface area contributed by atoms with Crippen molar-refractivity contribution in [3.05, 3.63) is 27.3 Å². The van der Waals surface area contributed by atoms with Crippen LogP contribution in [-0.4, -0.2) is 27.1 Å². The molecule has 1 unspecified atom stereocenters. The van der Waals surface area contributed by atoms with Crippen molar-refractivity contribution in [1.82, 2.24) is 20.0 Å². The fourth-order valence-corrected chi connectivity index (χ4v) is 3.21. The number of thiazole rings is 1. The van der Waals surface area contributed by atoms with E-state index in [9.17, 15) is 0 Å². The van der Waals surface area contributed by atoms with E-state index in [-0.39, 0.29) is 0 Å². The molecule has 5 nitrogen and oxygen atoms in total. The number of aryl methyl sites for hydroxylation is 3. The molecular formula is C14H22N4OS. The molecule has 2 aromatic heterocycles. The van der Waals surface area contributed by atoms with E-state index in [1.807, 2.05) is 6.92 Å². The second-order valence-electron chi connectivity index (χ2n) is 5.13. The lowest BCUT2D eigenvalue weighted by atomic mass is 10.2. The van der Waals surface area contributed by atoms with Crippen molar-refractivity contribution in [3.8, 4) is 0 Å². The van der Waals surface area contributed by atoms with Crippen LogP contribution in [0.15, 0.2) is 4.52 Å². The number of hydrogen-bond acceptors (Lipinski definition) is 6. The Labute approximate surface area is 124 Å². The summed E-state index contributed by atoms with van der Waals surface area (Å²) in [5.74, 6) is 1.48. The van der Waals surface area contributed by atoms with Crippen LogP contribution < -0.4 is 0 Å². The molecule has 0 aliphatic rings. The summed E-state index contributed by atoms with van der Waals surface area (Å²) in [4.78, 5) is 12.4. The van der Waals surface area contributed by atoms with Crippen molar-refractivity contribution >= 4 is 11.3 Å². The van der Waals surface area contributed by atoms with Gasteiger partial charge in [0, 0.05) is 17.3 Å². The molecule has 0 N–H and O–H groups in total. The molecule has 0 saturated carbocycles. The molecule has 0 radical (unpaired) electrons. The van der Waals surface area contributed by atoms with E-state index >= 15 is 0 Å². The number of aromatic nitrogens is 3. The van der Waals surface area contributed by atoms with Gasteiger partial charge in [-0.1, -0.05) is 12.1 Å². The van der Waals surface area contributed by atoms with Gasteiger partial charge in [0.15, 0.2) is 5.82 Å². The van der Waals surface area contributed by atoms with E-state index < -0.39 is 0 Å². The third kappa shape index (κ3) is 3.43. The molecule has 6 heteroatoms. The minimum Gasteiger partial charge on any atom is -0.339 e. The van der Waals surface area contributed by atoms with Gasteiger partial charge >= 0.3 is 0 Å². The van der Waals surface area contributed by atoms with Crippen LogP contribution in [0, 0.1) is 13.8 Å². The highest BCUT2D eigenvalue weighted by atomic mass is 32.1. The lowest BCUT2D eigenvalue weighted by molar-refractivity contribution is 0.244. The molecule has 0 aromatic carbocycles. The lowest BCUT2D eigenvalue weighted by Gasteiger charge is -2.22. The first-order valence-electron chi connectivity index (χ1n) is 6.96. The van der Waals surface area contributed by atoms with Crippen LogP contribution in [-0.2, 0) is 13.0 Å². The first-order chi connectivity index (χ1) is 9.51. The van der Waals surface area contributed by atoms with Gasteiger partial charge in [-0.2, -0.15) is 4.98 Å². The Hall–Kier alpha value is -1.27. The average molecular weight is 294 g/mol. The Morgan fingerprint density at radius 3 is 2.65 bits per heavy atom. The Morgan fingerprint density at radius 2 is 2.05 bits per heavy atom. The zero-order valence-corrected chi connectivity index (χ0v) is 13.6. The van der Waals surface area contributed by atoms with Gasteiger partial charge in [0.05, 0.1) is 17.2 Å². The van der Waals surface area contributed by atoms with Crippen LogP contribution >= 0.6 is 11.3 Å². The molecule has 0 bridgehead atoms. The Bertz CT molecular complexity index is 563. The highest BCUT2D eigenvalue weighted by molar-refractivity contribution is 7.11. The summed E-state index contributed by atoms with van der Waals surface area (Å²) in [6.07, 6.45) is 1.87. The molecule has 20 heavy (non-hydrogen) atoms. The smallest absolute Gasteiger partial charge is 0.226 e. The van der Waals surface area contributed by atoms with Gasteiger partial charge in [-0.3, -0.25) is 4.90 Å². The number of hydrogen-bond donors (Lipinski definition) is 0. The molecule has 0 saturated heterocycles. The SMILES string of the molecule is CCCc1nc(CN(C)C(C)c2sc(C)nc2C)no1. The molecule has 0 aliphatic heterocycles. The maximum Gasteiger partial charge on any atom is 0.226 e. The van der Waals surface area contributed by atoms with Crippen molar-refractivity contribution in [2.45, 2.75) is 53.1 Å². The monoisotopic (exact) mass is 294 g/mol. The average Bonchev–Trinajstić information content (AvgIpc) is 2.95. The molecule has 0 spiro atoms. The fraction of sp³-hybridized carbons (Fsp3) is 0.643. The third-order valence-corrected chi connectivity index (χ3v) is 4.59. The summed E-state index contributed by atoms with van der Waals surface area (Å²) in [6, 6.07) is 0.300. The van der Waals surface area contributed by atoms with Crippen LogP contribution in [0.5, 0.6) is 0 Å². The minimum absolute atomic E-state index is 0.300. The maximum absolute atomic E-state index is 5.22. The predicted octanol–water partition coefficient (Wildman–Crippen LogP) is 3.29. The van der Waals surface area contributed by atoms with Crippen LogP contribution in [0.4, 0.5) is 0 Å². The van der Waals surface area contributed by atoms with Gasteiger partial charge in [0.2, 0.25) is 5.89 Å². The van der Waals surface area contributed by atoms with Crippen LogP contribution in [0.2, 0.25) is 0 Å². The van der Waals surface area contributed by atoms with E-state index in [1.165, 1.54) is 4.88 Å². The first kappa shape index (κ1) is 15.1. The molecular weight excluding hydrogens is 272 g/mol. The third-order valence-electron chi connectivity index (χ3n) is 3.34. The Morgan fingerprint density at radius 1 is 1.30 bits per heavy atom. The molecule has 1 atom stereocenters. The summed E-state index contributed by atoms with van der Waals surface area (Å²) < 4.78 is 5.22. The summed E-state index contributed by atoms with van der Waals surface area (Å²) in [5, 5.41) is 5.15. The summed E-state index contributed by atoms with van der Waals surface area (Å²) in [7, 11) is 2.08. The molecule has 0 aliphatic carbocycles. The van der Waals surface area contributed by atoms with Gasteiger partial charge in [-0.05, 0) is 34.2 Å². The summed E-state index contributed by atoms with van der Waals surface area (Å²) >= 11 is 1.76. The topological polar surface area (TPSA) is 55.1 Å². The van der Waals surface area contributed by atoms with Gasteiger partial charge in [-0.25, -0.2) is 4.98 Å². The van der Waals surface area contributed by atoms with Crippen molar-refractivity contribution in [1.29, 1.82) is 0 Å². The van der Waals surface area contributed by atoms with E-state index in [4.69, 9.17) is 4.52 Å². The number of nitrogens with zero attached hydrogens (tertiary/aromatic N) is 4. The highest BCUT2D eigenvalue weighted by Gasteiger charge is 2.19. The molecule has 2 aromatic rings. The van der Waals surface area contributed by atoms with Crippen LogP contribution in [0.25, 0.3) is 0 Å². The van der Waals surface area contributed by atoms with Gasteiger partial charge in [0.1, 0.15) is 0 Å². The molecule has 2 rings (SSSR count). The highest BCUT2D eigenvalue weighted by Crippen LogP contribution is 2.28. The maximum atomic E-state index is 5.22. The van der Waals surface area contributed by atoms with Crippen molar-refractivity contribution in [2.24, 2.45) is 0 Å². The van der Waals surface area contributed by atoms with Gasteiger partial charge in [0.25, 0.3) is 0 Å². The molecule has 0 fully saturated rings. The second-order valence-corrected chi connectivity index (χ2v) is 6.36. The van der Waals surface area contributed by atoms with Crippen molar-refractivity contribution < 1.29 is 4.52 Å². The largest absolute Gasteiger partial charge is 0.339 e. The second kappa shape index (κ2) is 6.45. The van der Waals surface area contributed by atoms with E-state index in [2.05, 4.69) is 47.8 Å². The zero-order valence-electron chi connectivity index (χ0n) is 12.8. The predicted molar refractivity (Wildman–Crippen MR) is 79.8 cm³/mol. The Balaban J connectivity index is 2.03.